The molecule has 0 unspecified atom stereocenters. The van der Waals surface area contributed by atoms with Gasteiger partial charge in [-0.05, 0) is 76.8 Å². The molecule has 0 amide bonds. The lowest BCUT2D eigenvalue weighted by Gasteiger charge is -2.15. The van der Waals surface area contributed by atoms with Gasteiger partial charge in [0.15, 0.2) is 11.5 Å². The van der Waals surface area contributed by atoms with Gasteiger partial charge in [-0.1, -0.05) is 42.0 Å². The lowest BCUT2D eigenvalue weighted by atomic mass is 10.0. The first-order valence-electron chi connectivity index (χ1n) is 9.52. The van der Waals surface area contributed by atoms with Crippen molar-refractivity contribution < 1.29 is 13.9 Å². The first-order chi connectivity index (χ1) is 14.5. The van der Waals surface area contributed by atoms with E-state index in [0.29, 0.717) is 28.2 Å². The quantitative estimate of drug-likeness (QED) is 0.280. The average Bonchev–Trinajstić information content (AvgIpc) is 2.73. The van der Waals surface area contributed by atoms with E-state index < -0.39 is 0 Å². The third-order valence-electron chi connectivity index (χ3n) is 4.42. The maximum absolute atomic E-state index is 13.1. The molecule has 3 aromatic rings. The highest BCUT2D eigenvalue weighted by Crippen LogP contribution is 2.38. The van der Waals surface area contributed by atoms with E-state index in [1.165, 1.54) is 12.1 Å². The predicted octanol–water partition coefficient (Wildman–Crippen LogP) is 6.94. The molecule has 0 atom stereocenters. The average molecular weight is 466 g/mol. The fourth-order valence-corrected chi connectivity index (χ4v) is 3.46. The van der Waals surface area contributed by atoms with Crippen molar-refractivity contribution in [2.75, 3.05) is 6.61 Å². The van der Waals surface area contributed by atoms with E-state index in [1.54, 1.807) is 12.1 Å². The monoisotopic (exact) mass is 465 g/mol. The molecule has 0 aliphatic carbocycles. The van der Waals surface area contributed by atoms with E-state index >= 15 is 0 Å². The van der Waals surface area contributed by atoms with Gasteiger partial charge in [0.05, 0.1) is 22.7 Å². The summed E-state index contributed by atoms with van der Waals surface area (Å²) in [6, 6.07) is 20.0. The van der Waals surface area contributed by atoms with Crippen LogP contribution in [0, 0.1) is 24.1 Å². The van der Waals surface area contributed by atoms with Crippen molar-refractivity contribution in [1.29, 1.82) is 5.26 Å². The summed E-state index contributed by atoms with van der Waals surface area (Å²) in [7, 11) is 0. The van der Waals surface area contributed by atoms with Crippen LogP contribution in [0.3, 0.4) is 0 Å². The Morgan fingerprint density at radius 3 is 2.40 bits per heavy atom. The SMILES string of the molecule is CCOc1cc(/C=C(\C#N)c2ccc(C)cc2)cc(Br)c1OCc1ccc(F)cc1. The van der Waals surface area contributed by atoms with Crippen LogP contribution in [0.1, 0.15) is 29.2 Å². The second-order valence-electron chi connectivity index (χ2n) is 6.71. The van der Waals surface area contributed by atoms with Crippen molar-refractivity contribution in [2.24, 2.45) is 0 Å². The van der Waals surface area contributed by atoms with Crippen molar-refractivity contribution in [3.8, 4) is 17.6 Å². The molecular formula is C25H21BrFNO2. The summed E-state index contributed by atoms with van der Waals surface area (Å²) in [6.07, 6.45) is 1.82. The summed E-state index contributed by atoms with van der Waals surface area (Å²) in [5, 5.41) is 9.62. The molecule has 3 nitrogen and oxygen atoms in total. The second-order valence-corrected chi connectivity index (χ2v) is 7.57. The van der Waals surface area contributed by atoms with Crippen molar-refractivity contribution >= 4 is 27.6 Å². The smallest absolute Gasteiger partial charge is 0.175 e. The van der Waals surface area contributed by atoms with Crippen LogP contribution in [0.15, 0.2) is 65.1 Å². The number of benzene rings is 3. The minimum atomic E-state index is -0.284. The lowest BCUT2D eigenvalue weighted by Crippen LogP contribution is -2.01. The van der Waals surface area contributed by atoms with Gasteiger partial charge in [0, 0.05) is 0 Å². The van der Waals surface area contributed by atoms with Crippen LogP contribution < -0.4 is 9.47 Å². The molecule has 152 valence electrons. The maximum Gasteiger partial charge on any atom is 0.175 e. The topological polar surface area (TPSA) is 42.2 Å². The largest absolute Gasteiger partial charge is 0.490 e. The minimum Gasteiger partial charge on any atom is -0.490 e. The molecule has 0 heterocycles. The van der Waals surface area contributed by atoms with E-state index in [0.717, 1.165) is 22.3 Å². The highest BCUT2D eigenvalue weighted by atomic mass is 79.9. The van der Waals surface area contributed by atoms with Gasteiger partial charge in [0.2, 0.25) is 0 Å². The van der Waals surface area contributed by atoms with Crippen LogP contribution in [0.5, 0.6) is 11.5 Å². The molecule has 3 aromatic carbocycles. The van der Waals surface area contributed by atoms with Crippen LogP contribution in [-0.2, 0) is 6.61 Å². The van der Waals surface area contributed by atoms with Crippen LogP contribution in [0.25, 0.3) is 11.6 Å². The molecule has 5 heteroatoms. The number of nitrogens with zero attached hydrogens (tertiary/aromatic N) is 1. The Bertz CT molecular complexity index is 1080. The number of hydrogen-bond acceptors (Lipinski definition) is 3. The Hall–Kier alpha value is -3.10. The van der Waals surface area contributed by atoms with E-state index in [1.807, 2.05) is 56.3 Å². The summed E-state index contributed by atoms with van der Waals surface area (Å²) >= 11 is 3.55. The van der Waals surface area contributed by atoms with Gasteiger partial charge in [-0.2, -0.15) is 5.26 Å². The molecule has 0 bridgehead atoms. The number of aryl methyl sites for hydroxylation is 1. The third kappa shape index (κ3) is 5.49. The zero-order valence-corrected chi connectivity index (χ0v) is 18.4. The van der Waals surface area contributed by atoms with Gasteiger partial charge in [-0.25, -0.2) is 4.39 Å². The van der Waals surface area contributed by atoms with Gasteiger partial charge in [0.1, 0.15) is 12.4 Å². The summed E-state index contributed by atoms with van der Waals surface area (Å²) in [4.78, 5) is 0. The zero-order chi connectivity index (χ0) is 21.5. The van der Waals surface area contributed by atoms with Gasteiger partial charge in [0.25, 0.3) is 0 Å². The van der Waals surface area contributed by atoms with E-state index in [2.05, 4.69) is 22.0 Å². The molecule has 0 fully saturated rings. The Morgan fingerprint density at radius 2 is 1.77 bits per heavy atom. The number of hydrogen-bond donors (Lipinski definition) is 0. The van der Waals surface area contributed by atoms with Crippen molar-refractivity contribution in [2.45, 2.75) is 20.5 Å². The standard InChI is InChI=1S/C25H21BrFNO2/c1-3-29-24-14-19(12-21(15-28)20-8-4-17(2)5-9-20)13-23(26)25(24)30-16-18-6-10-22(27)11-7-18/h4-14H,3,16H2,1-2H3/b21-12+. The van der Waals surface area contributed by atoms with E-state index in [-0.39, 0.29) is 12.4 Å². The van der Waals surface area contributed by atoms with Gasteiger partial charge < -0.3 is 9.47 Å². The molecular weight excluding hydrogens is 445 g/mol. The normalized spacial score (nSPS) is 11.1. The summed E-state index contributed by atoms with van der Waals surface area (Å²) < 4.78 is 25.5. The number of allylic oxidation sites excluding steroid dienone is 1. The fraction of sp³-hybridized carbons (Fsp3) is 0.160. The summed E-state index contributed by atoms with van der Waals surface area (Å²) in [5.74, 6) is 0.849. The maximum atomic E-state index is 13.1. The highest BCUT2D eigenvalue weighted by Gasteiger charge is 2.13. The predicted molar refractivity (Wildman–Crippen MR) is 121 cm³/mol. The molecule has 0 aromatic heterocycles. The summed E-state index contributed by atoms with van der Waals surface area (Å²) in [6.45, 7) is 4.65. The fourth-order valence-electron chi connectivity index (χ4n) is 2.89. The number of halogens is 2. The molecule has 0 N–H and O–H groups in total. The van der Waals surface area contributed by atoms with Crippen molar-refractivity contribution in [3.63, 3.8) is 0 Å². The molecule has 0 radical (unpaired) electrons. The van der Waals surface area contributed by atoms with Gasteiger partial charge in [-0.15, -0.1) is 0 Å². The molecule has 3 rings (SSSR count). The number of nitriles is 1. The Labute approximate surface area is 184 Å². The van der Waals surface area contributed by atoms with Crippen molar-refractivity contribution in [1.82, 2.24) is 0 Å². The van der Waals surface area contributed by atoms with Gasteiger partial charge >= 0.3 is 0 Å². The Morgan fingerprint density at radius 1 is 1.07 bits per heavy atom. The molecule has 30 heavy (non-hydrogen) atoms. The summed E-state index contributed by atoms with van der Waals surface area (Å²) in [5.41, 5.74) is 4.22. The number of ether oxygens (including phenoxy) is 2. The molecule has 0 saturated heterocycles. The van der Waals surface area contributed by atoms with E-state index in [9.17, 15) is 9.65 Å². The molecule has 0 aliphatic rings. The second kappa shape index (κ2) is 10.1. The van der Waals surface area contributed by atoms with Crippen LogP contribution in [0.4, 0.5) is 4.39 Å². The van der Waals surface area contributed by atoms with Crippen LogP contribution >= 0.6 is 15.9 Å². The first-order valence-corrected chi connectivity index (χ1v) is 10.3. The lowest BCUT2D eigenvalue weighted by molar-refractivity contribution is 0.267. The molecule has 0 aliphatic heterocycles. The van der Waals surface area contributed by atoms with Crippen molar-refractivity contribution in [3.05, 3.63) is 93.2 Å². The van der Waals surface area contributed by atoms with E-state index in [4.69, 9.17) is 9.47 Å². The molecule has 0 spiro atoms. The number of rotatable bonds is 7. The first kappa shape index (κ1) is 21.6. The molecule has 0 saturated carbocycles. The van der Waals surface area contributed by atoms with Gasteiger partial charge in [-0.3, -0.25) is 0 Å². The Balaban J connectivity index is 1.90. The third-order valence-corrected chi connectivity index (χ3v) is 5.01. The van der Waals surface area contributed by atoms with Crippen LogP contribution in [0.2, 0.25) is 0 Å². The zero-order valence-electron chi connectivity index (χ0n) is 16.8. The highest BCUT2D eigenvalue weighted by molar-refractivity contribution is 9.10. The van der Waals surface area contributed by atoms with Crippen LogP contribution in [-0.4, -0.2) is 6.61 Å². The minimum absolute atomic E-state index is 0.279. The Kier molecular flexibility index (Phi) is 7.26.